The molecule has 0 aliphatic rings. The molecule has 0 bridgehead atoms. The van der Waals surface area contributed by atoms with Crippen molar-refractivity contribution in [3.8, 4) is 5.75 Å². The number of methoxy groups -OCH3 is 1. The molecule has 1 aromatic carbocycles. The molecule has 3 aromatic rings. The third-order valence-corrected chi connectivity index (χ3v) is 4.37. The van der Waals surface area contributed by atoms with E-state index in [4.69, 9.17) is 4.74 Å². The van der Waals surface area contributed by atoms with Crippen molar-refractivity contribution in [1.29, 1.82) is 0 Å². The molecule has 0 unspecified atom stereocenters. The lowest BCUT2D eigenvalue weighted by molar-refractivity contribution is 0.414. The minimum atomic E-state index is 0.671. The molecular weight excluding hydrogens is 296 g/mol. The summed E-state index contributed by atoms with van der Waals surface area (Å²) in [4.78, 5) is 4.40. The summed E-state index contributed by atoms with van der Waals surface area (Å²) in [5.41, 5.74) is 3.36. The van der Waals surface area contributed by atoms with E-state index >= 15 is 0 Å². The van der Waals surface area contributed by atoms with Gasteiger partial charge in [-0.1, -0.05) is 23.9 Å². The van der Waals surface area contributed by atoms with Gasteiger partial charge in [-0.2, -0.15) is 0 Å². The number of hydrogen-bond donors (Lipinski definition) is 0. The van der Waals surface area contributed by atoms with Crippen molar-refractivity contribution in [2.75, 3.05) is 12.9 Å². The number of benzene rings is 1. The lowest BCUT2D eigenvalue weighted by atomic mass is 10.2. The Hall–Kier alpha value is -2.08. The molecule has 6 heteroatoms. The Morgan fingerprint density at radius 1 is 1.14 bits per heavy atom. The van der Waals surface area contributed by atoms with E-state index in [1.54, 1.807) is 18.9 Å². The summed E-state index contributed by atoms with van der Waals surface area (Å²) in [6.07, 6.45) is 0.974. The average Bonchev–Trinajstić information content (AvgIpc) is 2.91. The number of hydrogen-bond acceptors (Lipinski definition) is 5. The molecule has 0 aliphatic heterocycles. The first-order chi connectivity index (χ1) is 10.7. The Morgan fingerprint density at radius 2 is 1.91 bits per heavy atom. The molecule has 2 heterocycles. The highest BCUT2D eigenvalue weighted by atomic mass is 32.2. The van der Waals surface area contributed by atoms with Crippen LogP contribution in [0.2, 0.25) is 0 Å². The van der Waals surface area contributed by atoms with Crippen molar-refractivity contribution in [1.82, 2.24) is 19.6 Å². The number of aromatic nitrogens is 4. The highest BCUT2D eigenvalue weighted by molar-refractivity contribution is 7.99. The first-order valence-electron chi connectivity index (χ1n) is 7.12. The number of aryl methyl sites for hydroxylation is 3. The van der Waals surface area contributed by atoms with Gasteiger partial charge >= 0.3 is 0 Å². The van der Waals surface area contributed by atoms with Gasteiger partial charge in [-0.05, 0) is 44.0 Å². The predicted octanol–water partition coefficient (Wildman–Crippen LogP) is 3.08. The maximum absolute atomic E-state index is 5.17. The fourth-order valence-electron chi connectivity index (χ4n) is 2.35. The summed E-state index contributed by atoms with van der Waals surface area (Å²) >= 11 is 1.70. The summed E-state index contributed by atoms with van der Waals surface area (Å²) in [6, 6.07) is 10.2. The summed E-state index contributed by atoms with van der Waals surface area (Å²) in [5.74, 6) is 2.50. The highest BCUT2D eigenvalue weighted by Gasteiger charge is 2.10. The number of nitrogens with zero attached hydrogens (tertiary/aromatic N) is 4. The van der Waals surface area contributed by atoms with Crippen LogP contribution in [0.25, 0.3) is 5.78 Å². The van der Waals surface area contributed by atoms with Crippen LogP contribution in [0, 0.1) is 13.8 Å². The largest absolute Gasteiger partial charge is 0.497 e. The molecule has 0 fully saturated rings. The smallest absolute Gasteiger partial charge is 0.256 e. The van der Waals surface area contributed by atoms with Crippen molar-refractivity contribution < 1.29 is 4.74 Å². The van der Waals surface area contributed by atoms with E-state index in [9.17, 15) is 0 Å². The zero-order valence-corrected chi connectivity index (χ0v) is 13.7. The zero-order valence-electron chi connectivity index (χ0n) is 12.9. The quantitative estimate of drug-likeness (QED) is 0.677. The Bertz CT molecular complexity index is 783. The molecule has 0 atom stereocenters. The third kappa shape index (κ3) is 3.06. The van der Waals surface area contributed by atoms with Crippen molar-refractivity contribution in [2.24, 2.45) is 0 Å². The first-order valence-corrected chi connectivity index (χ1v) is 8.11. The summed E-state index contributed by atoms with van der Waals surface area (Å²) in [5, 5.41) is 9.30. The van der Waals surface area contributed by atoms with Crippen molar-refractivity contribution >= 4 is 17.5 Å². The molecule has 2 aromatic heterocycles. The van der Waals surface area contributed by atoms with Crippen LogP contribution < -0.4 is 4.74 Å². The molecule has 0 aliphatic carbocycles. The first kappa shape index (κ1) is 14.8. The summed E-state index contributed by atoms with van der Waals surface area (Å²) in [7, 11) is 1.68. The molecule has 114 valence electrons. The minimum absolute atomic E-state index is 0.671. The molecule has 0 saturated carbocycles. The standard InChI is InChI=1S/C16H18N4OS/c1-11-10-12(2)20-15(17-11)18-19-16(20)22-9-8-13-4-6-14(21-3)7-5-13/h4-7,10H,8-9H2,1-3H3. The second-order valence-corrected chi connectivity index (χ2v) is 6.17. The molecule has 3 rings (SSSR count). The summed E-state index contributed by atoms with van der Waals surface area (Å²) in [6.45, 7) is 4.02. The van der Waals surface area contributed by atoms with E-state index in [1.165, 1.54) is 5.56 Å². The van der Waals surface area contributed by atoms with Crippen LogP contribution in [0.15, 0.2) is 35.5 Å². The number of fused-ring (bicyclic) bond motifs is 1. The van der Waals surface area contributed by atoms with Gasteiger partial charge in [-0.15, -0.1) is 10.2 Å². The van der Waals surface area contributed by atoms with Crippen molar-refractivity contribution in [2.45, 2.75) is 25.4 Å². The molecule has 5 nitrogen and oxygen atoms in total. The lowest BCUT2D eigenvalue weighted by Gasteiger charge is -2.05. The number of rotatable bonds is 5. The van der Waals surface area contributed by atoms with Gasteiger partial charge in [0.1, 0.15) is 5.75 Å². The molecule has 0 amide bonds. The Balaban J connectivity index is 1.69. The average molecular weight is 314 g/mol. The van der Waals surface area contributed by atoms with Gasteiger partial charge in [0.2, 0.25) is 0 Å². The number of ether oxygens (including phenoxy) is 1. The Kier molecular flexibility index (Phi) is 4.29. The fourth-order valence-corrected chi connectivity index (χ4v) is 3.32. The minimum Gasteiger partial charge on any atom is -0.497 e. The van der Waals surface area contributed by atoms with Crippen molar-refractivity contribution in [3.63, 3.8) is 0 Å². The van der Waals surface area contributed by atoms with Crippen LogP contribution in [0.1, 0.15) is 17.0 Å². The van der Waals surface area contributed by atoms with Crippen molar-refractivity contribution in [3.05, 3.63) is 47.3 Å². The molecule has 0 saturated heterocycles. The van der Waals surface area contributed by atoms with Crippen LogP contribution in [-0.4, -0.2) is 32.4 Å². The SMILES string of the molecule is COc1ccc(CCSc2nnc3nc(C)cc(C)n23)cc1. The second-order valence-electron chi connectivity index (χ2n) is 5.10. The van der Waals surface area contributed by atoms with E-state index < -0.39 is 0 Å². The maximum atomic E-state index is 5.17. The van der Waals surface area contributed by atoms with Gasteiger partial charge in [-0.3, -0.25) is 4.40 Å². The van der Waals surface area contributed by atoms with Gasteiger partial charge in [0.25, 0.3) is 5.78 Å². The van der Waals surface area contributed by atoms with Crippen LogP contribution in [-0.2, 0) is 6.42 Å². The Labute approximate surface area is 133 Å². The maximum Gasteiger partial charge on any atom is 0.256 e. The molecule has 22 heavy (non-hydrogen) atoms. The van der Waals surface area contributed by atoms with Crippen LogP contribution in [0.4, 0.5) is 0 Å². The number of thioether (sulfide) groups is 1. The van der Waals surface area contributed by atoms with Gasteiger partial charge in [-0.25, -0.2) is 4.98 Å². The van der Waals surface area contributed by atoms with Gasteiger partial charge in [0.05, 0.1) is 7.11 Å². The van der Waals surface area contributed by atoms with E-state index in [1.807, 2.05) is 29.5 Å². The molecule has 0 N–H and O–H groups in total. The normalized spacial score (nSPS) is 11.0. The molecular formula is C16H18N4OS. The summed E-state index contributed by atoms with van der Waals surface area (Å²) < 4.78 is 7.18. The zero-order chi connectivity index (χ0) is 15.5. The highest BCUT2D eigenvalue weighted by Crippen LogP contribution is 2.20. The Morgan fingerprint density at radius 3 is 2.64 bits per heavy atom. The van der Waals surface area contributed by atoms with E-state index in [0.29, 0.717) is 5.78 Å². The monoisotopic (exact) mass is 314 g/mol. The van der Waals surface area contributed by atoms with Gasteiger partial charge in [0, 0.05) is 17.1 Å². The molecule has 0 radical (unpaired) electrons. The second kappa shape index (κ2) is 6.36. The van der Waals surface area contributed by atoms with E-state index in [2.05, 4.69) is 34.2 Å². The lowest BCUT2D eigenvalue weighted by Crippen LogP contribution is -1.98. The van der Waals surface area contributed by atoms with E-state index in [-0.39, 0.29) is 0 Å². The van der Waals surface area contributed by atoms with Crippen LogP contribution in [0.3, 0.4) is 0 Å². The van der Waals surface area contributed by atoms with Crippen LogP contribution >= 0.6 is 11.8 Å². The fraction of sp³-hybridized carbons (Fsp3) is 0.312. The van der Waals surface area contributed by atoms with Gasteiger partial charge < -0.3 is 4.74 Å². The van der Waals surface area contributed by atoms with Crippen LogP contribution in [0.5, 0.6) is 5.75 Å². The third-order valence-electron chi connectivity index (χ3n) is 3.44. The molecule has 0 spiro atoms. The van der Waals surface area contributed by atoms with E-state index in [0.717, 1.165) is 34.5 Å². The topological polar surface area (TPSA) is 52.3 Å². The predicted molar refractivity (Wildman–Crippen MR) is 87.7 cm³/mol. The van der Waals surface area contributed by atoms with Gasteiger partial charge in [0.15, 0.2) is 5.16 Å².